The molecule has 2 heterocycles. The lowest BCUT2D eigenvalue weighted by Crippen LogP contribution is -2.46. The van der Waals surface area contributed by atoms with Gasteiger partial charge in [0.05, 0.1) is 11.4 Å². The van der Waals surface area contributed by atoms with Gasteiger partial charge in [-0.3, -0.25) is 9.88 Å². The van der Waals surface area contributed by atoms with Crippen LogP contribution in [0.2, 0.25) is 0 Å². The van der Waals surface area contributed by atoms with Crippen molar-refractivity contribution in [3.63, 3.8) is 0 Å². The fraction of sp³-hybridized carbons (Fsp3) is 0.227. The van der Waals surface area contributed by atoms with E-state index in [0.29, 0.717) is 5.75 Å². The lowest BCUT2D eigenvalue weighted by molar-refractivity contribution is 0.246. The number of aromatic hydroxyl groups is 1. The number of phenols is 1. The first-order chi connectivity index (χ1) is 13.2. The minimum Gasteiger partial charge on any atom is -0.506 e. The fourth-order valence-corrected chi connectivity index (χ4v) is 3.49. The number of halogens is 1. The Morgan fingerprint density at radius 2 is 1.63 bits per heavy atom. The molecule has 5 heteroatoms. The summed E-state index contributed by atoms with van der Waals surface area (Å²) in [4.78, 5) is 9.08. The Balaban J connectivity index is 1.40. The number of piperazine rings is 1. The third-order valence-corrected chi connectivity index (χ3v) is 4.97. The molecule has 1 saturated heterocycles. The van der Waals surface area contributed by atoms with E-state index in [0.717, 1.165) is 55.2 Å². The zero-order valence-corrected chi connectivity index (χ0v) is 15.1. The SMILES string of the molecule is Oc1ccccc1N1CCN(Cc2cc(-c3ccc(F)cc3)ccn2)CC1. The van der Waals surface area contributed by atoms with E-state index in [1.54, 1.807) is 18.2 Å². The van der Waals surface area contributed by atoms with Crippen LogP contribution in [0.1, 0.15) is 5.69 Å². The van der Waals surface area contributed by atoms with Crippen molar-refractivity contribution < 1.29 is 9.50 Å². The highest BCUT2D eigenvalue weighted by molar-refractivity contribution is 5.63. The van der Waals surface area contributed by atoms with Gasteiger partial charge >= 0.3 is 0 Å². The molecule has 1 N–H and O–H groups in total. The van der Waals surface area contributed by atoms with Crippen LogP contribution < -0.4 is 4.90 Å². The van der Waals surface area contributed by atoms with Gasteiger partial charge in [0.2, 0.25) is 0 Å². The number of para-hydroxylation sites is 2. The van der Waals surface area contributed by atoms with Crippen molar-refractivity contribution in [3.8, 4) is 16.9 Å². The van der Waals surface area contributed by atoms with Crippen LogP contribution in [0.4, 0.5) is 10.1 Å². The molecule has 1 aliphatic rings. The van der Waals surface area contributed by atoms with Gasteiger partial charge in [0.15, 0.2) is 0 Å². The van der Waals surface area contributed by atoms with E-state index in [4.69, 9.17) is 0 Å². The Kier molecular flexibility index (Phi) is 5.03. The molecular weight excluding hydrogens is 341 g/mol. The van der Waals surface area contributed by atoms with Crippen molar-refractivity contribution in [3.05, 3.63) is 78.4 Å². The van der Waals surface area contributed by atoms with Crippen LogP contribution in [-0.4, -0.2) is 41.2 Å². The lowest BCUT2D eigenvalue weighted by atomic mass is 10.1. The first kappa shape index (κ1) is 17.5. The molecule has 1 fully saturated rings. The molecule has 1 aliphatic heterocycles. The van der Waals surface area contributed by atoms with E-state index in [1.165, 1.54) is 12.1 Å². The molecule has 0 radical (unpaired) electrons. The molecule has 0 atom stereocenters. The molecule has 138 valence electrons. The Labute approximate surface area is 158 Å². The van der Waals surface area contributed by atoms with Gasteiger partial charge in [-0.1, -0.05) is 24.3 Å². The van der Waals surface area contributed by atoms with E-state index in [-0.39, 0.29) is 5.82 Å². The third-order valence-electron chi connectivity index (χ3n) is 4.97. The second kappa shape index (κ2) is 7.76. The standard InChI is InChI=1S/C22H22FN3O/c23-19-7-5-17(6-8-19)18-9-10-24-20(15-18)16-25-11-13-26(14-12-25)21-3-1-2-4-22(21)27/h1-10,15,27H,11-14,16H2. The average molecular weight is 363 g/mol. The van der Waals surface area contributed by atoms with Gasteiger partial charge in [-0.05, 0) is 47.5 Å². The van der Waals surface area contributed by atoms with Crippen LogP contribution in [0.15, 0.2) is 66.9 Å². The van der Waals surface area contributed by atoms with Gasteiger partial charge < -0.3 is 10.0 Å². The van der Waals surface area contributed by atoms with Crippen LogP contribution in [0, 0.1) is 5.82 Å². The number of rotatable bonds is 4. The Morgan fingerprint density at radius 3 is 2.37 bits per heavy atom. The number of phenolic OH excluding ortho intramolecular Hbond substituents is 1. The Morgan fingerprint density at radius 1 is 0.889 bits per heavy atom. The van der Waals surface area contributed by atoms with Gasteiger partial charge in [0, 0.05) is 38.9 Å². The van der Waals surface area contributed by atoms with Gasteiger partial charge in [-0.25, -0.2) is 4.39 Å². The normalized spacial score (nSPS) is 15.1. The van der Waals surface area contributed by atoms with Crippen molar-refractivity contribution >= 4 is 5.69 Å². The van der Waals surface area contributed by atoms with E-state index in [2.05, 4.69) is 20.9 Å². The first-order valence-electron chi connectivity index (χ1n) is 9.15. The van der Waals surface area contributed by atoms with Crippen LogP contribution in [0.25, 0.3) is 11.1 Å². The summed E-state index contributed by atoms with van der Waals surface area (Å²) in [6.07, 6.45) is 1.81. The number of hydrogen-bond donors (Lipinski definition) is 1. The molecule has 3 aromatic rings. The fourth-order valence-electron chi connectivity index (χ4n) is 3.49. The maximum Gasteiger partial charge on any atom is 0.138 e. The summed E-state index contributed by atoms with van der Waals surface area (Å²) in [5.41, 5.74) is 3.94. The molecule has 4 rings (SSSR count). The predicted molar refractivity (Wildman–Crippen MR) is 105 cm³/mol. The van der Waals surface area contributed by atoms with Crippen LogP contribution in [0.3, 0.4) is 0 Å². The smallest absolute Gasteiger partial charge is 0.138 e. The summed E-state index contributed by atoms with van der Waals surface area (Å²) in [7, 11) is 0. The van der Waals surface area contributed by atoms with E-state index < -0.39 is 0 Å². The zero-order valence-electron chi connectivity index (χ0n) is 15.1. The molecule has 0 bridgehead atoms. The summed E-state index contributed by atoms with van der Waals surface area (Å²) >= 11 is 0. The molecule has 2 aromatic carbocycles. The molecule has 0 saturated carbocycles. The van der Waals surface area contributed by atoms with E-state index in [9.17, 15) is 9.50 Å². The second-order valence-electron chi connectivity index (χ2n) is 6.79. The summed E-state index contributed by atoms with van der Waals surface area (Å²) in [5.74, 6) is 0.106. The number of anilines is 1. The monoisotopic (exact) mass is 363 g/mol. The maximum atomic E-state index is 13.1. The Hall–Kier alpha value is -2.92. The zero-order chi connectivity index (χ0) is 18.6. The number of nitrogens with zero attached hydrogens (tertiary/aromatic N) is 3. The van der Waals surface area contributed by atoms with Crippen molar-refractivity contribution in [1.82, 2.24) is 9.88 Å². The largest absolute Gasteiger partial charge is 0.506 e. The van der Waals surface area contributed by atoms with Crippen molar-refractivity contribution in [2.24, 2.45) is 0 Å². The highest BCUT2D eigenvalue weighted by atomic mass is 19.1. The molecule has 0 unspecified atom stereocenters. The van der Waals surface area contributed by atoms with Crippen molar-refractivity contribution in [2.45, 2.75) is 6.54 Å². The second-order valence-corrected chi connectivity index (χ2v) is 6.79. The summed E-state index contributed by atoms with van der Waals surface area (Å²) in [6, 6.07) is 18.0. The van der Waals surface area contributed by atoms with Crippen molar-refractivity contribution in [2.75, 3.05) is 31.1 Å². The van der Waals surface area contributed by atoms with Crippen LogP contribution in [0.5, 0.6) is 5.75 Å². The van der Waals surface area contributed by atoms with Gasteiger partial charge in [-0.15, -0.1) is 0 Å². The van der Waals surface area contributed by atoms with Gasteiger partial charge in [-0.2, -0.15) is 0 Å². The predicted octanol–water partition coefficient (Wildman–Crippen LogP) is 3.92. The highest BCUT2D eigenvalue weighted by Crippen LogP contribution is 2.27. The van der Waals surface area contributed by atoms with E-state index >= 15 is 0 Å². The summed E-state index contributed by atoms with van der Waals surface area (Å²) < 4.78 is 13.1. The summed E-state index contributed by atoms with van der Waals surface area (Å²) in [5, 5.41) is 10.0. The number of hydrogen-bond acceptors (Lipinski definition) is 4. The molecule has 0 aliphatic carbocycles. The molecular formula is C22H22FN3O. The van der Waals surface area contributed by atoms with Crippen molar-refractivity contribution in [1.29, 1.82) is 0 Å². The van der Waals surface area contributed by atoms with Crippen LogP contribution in [-0.2, 0) is 6.54 Å². The van der Waals surface area contributed by atoms with E-state index in [1.807, 2.05) is 30.5 Å². The Bertz CT molecular complexity index is 905. The maximum absolute atomic E-state index is 13.1. The molecule has 4 nitrogen and oxygen atoms in total. The average Bonchev–Trinajstić information content (AvgIpc) is 2.70. The molecule has 0 amide bonds. The quantitative estimate of drug-likeness (QED) is 0.763. The summed E-state index contributed by atoms with van der Waals surface area (Å²) in [6.45, 7) is 4.35. The number of aromatic nitrogens is 1. The molecule has 27 heavy (non-hydrogen) atoms. The lowest BCUT2D eigenvalue weighted by Gasteiger charge is -2.36. The first-order valence-corrected chi connectivity index (χ1v) is 9.15. The minimum atomic E-state index is -0.227. The van der Waals surface area contributed by atoms with Crippen LogP contribution >= 0.6 is 0 Å². The number of benzene rings is 2. The molecule has 1 aromatic heterocycles. The molecule has 0 spiro atoms. The van der Waals surface area contributed by atoms with Gasteiger partial charge in [0.25, 0.3) is 0 Å². The minimum absolute atomic E-state index is 0.227. The van der Waals surface area contributed by atoms with Gasteiger partial charge in [0.1, 0.15) is 11.6 Å². The highest BCUT2D eigenvalue weighted by Gasteiger charge is 2.19. The topological polar surface area (TPSA) is 39.6 Å². The number of pyridine rings is 1. The third kappa shape index (κ3) is 4.09.